The zero-order chi connectivity index (χ0) is 21.5. The summed E-state index contributed by atoms with van der Waals surface area (Å²) in [7, 11) is 2.05. The van der Waals surface area contributed by atoms with Gasteiger partial charge in [-0.2, -0.15) is 0 Å². The summed E-state index contributed by atoms with van der Waals surface area (Å²) in [6.07, 6.45) is 7.57. The summed E-state index contributed by atoms with van der Waals surface area (Å²) in [5.74, 6) is 0.671. The van der Waals surface area contributed by atoms with Crippen LogP contribution in [0.1, 0.15) is 79.4 Å². The van der Waals surface area contributed by atoms with Crippen molar-refractivity contribution in [3.63, 3.8) is 0 Å². The fourth-order valence-corrected chi connectivity index (χ4v) is 2.91. The van der Waals surface area contributed by atoms with Gasteiger partial charge in [0.25, 0.3) is 0 Å². The average Bonchev–Trinajstić information content (AvgIpc) is 2.62. The SMILES string of the molecule is CC/C=C(\C)C(C)(CC(C)C)NC.CC=N.CCc1ccc(CC)c(F)c1. The van der Waals surface area contributed by atoms with Gasteiger partial charge in [0, 0.05) is 5.54 Å². The lowest BCUT2D eigenvalue weighted by Gasteiger charge is -2.32. The number of rotatable bonds is 7. The molecule has 0 radical (unpaired) electrons. The Morgan fingerprint density at radius 3 is 2.11 bits per heavy atom. The van der Waals surface area contributed by atoms with Crippen LogP contribution >= 0.6 is 0 Å². The molecule has 0 heterocycles. The van der Waals surface area contributed by atoms with Gasteiger partial charge in [-0.05, 0) is 82.8 Å². The molecular formula is C24H43FN2. The van der Waals surface area contributed by atoms with Crippen molar-refractivity contribution in [3.05, 3.63) is 46.8 Å². The largest absolute Gasteiger partial charge is 0.313 e. The van der Waals surface area contributed by atoms with Crippen LogP contribution in [0.5, 0.6) is 0 Å². The number of halogens is 1. The summed E-state index contributed by atoms with van der Waals surface area (Å²) in [5, 5.41) is 9.51. The van der Waals surface area contributed by atoms with Crippen molar-refractivity contribution < 1.29 is 4.39 Å². The smallest absolute Gasteiger partial charge is 0.126 e. The predicted molar refractivity (Wildman–Crippen MR) is 121 cm³/mol. The fourth-order valence-electron chi connectivity index (χ4n) is 2.91. The zero-order valence-electron chi connectivity index (χ0n) is 19.2. The molecule has 2 nitrogen and oxygen atoms in total. The van der Waals surface area contributed by atoms with Crippen LogP contribution in [-0.2, 0) is 12.8 Å². The molecule has 0 aliphatic heterocycles. The van der Waals surface area contributed by atoms with Crippen LogP contribution in [0.15, 0.2) is 29.8 Å². The quantitative estimate of drug-likeness (QED) is 0.390. The van der Waals surface area contributed by atoms with Crippen molar-refractivity contribution in [2.75, 3.05) is 7.05 Å². The zero-order valence-corrected chi connectivity index (χ0v) is 19.2. The van der Waals surface area contributed by atoms with Crippen LogP contribution in [0.2, 0.25) is 0 Å². The average molecular weight is 379 g/mol. The Hall–Kier alpha value is -1.48. The lowest BCUT2D eigenvalue weighted by Crippen LogP contribution is -2.42. The van der Waals surface area contributed by atoms with Crippen molar-refractivity contribution in [1.82, 2.24) is 5.32 Å². The topological polar surface area (TPSA) is 35.9 Å². The van der Waals surface area contributed by atoms with Crippen LogP contribution in [0.3, 0.4) is 0 Å². The van der Waals surface area contributed by atoms with Gasteiger partial charge in [0.2, 0.25) is 0 Å². The maximum Gasteiger partial charge on any atom is 0.126 e. The van der Waals surface area contributed by atoms with Gasteiger partial charge in [0.1, 0.15) is 5.82 Å². The number of benzene rings is 1. The van der Waals surface area contributed by atoms with Gasteiger partial charge in [-0.1, -0.05) is 58.4 Å². The molecule has 1 aromatic rings. The predicted octanol–water partition coefficient (Wildman–Crippen LogP) is 6.97. The third-order valence-electron chi connectivity index (χ3n) is 4.66. The van der Waals surface area contributed by atoms with E-state index in [2.05, 4.69) is 53.1 Å². The van der Waals surface area contributed by atoms with Crippen molar-refractivity contribution >= 4 is 6.21 Å². The van der Waals surface area contributed by atoms with Gasteiger partial charge >= 0.3 is 0 Å². The van der Waals surface area contributed by atoms with Gasteiger partial charge in [-0.25, -0.2) is 4.39 Å². The summed E-state index contributed by atoms with van der Waals surface area (Å²) < 4.78 is 13.0. The van der Waals surface area contributed by atoms with E-state index < -0.39 is 0 Å². The molecule has 0 amide bonds. The number of aryl methyl sites for hydroxylation is 2. The highest BCUT2D eigenvalue weighted by Gasteiger charge is 2.24. The molecule has 1 aromatic carbocycles. The standard InChI is InChI=1S/C12H25N.C10H13F.C2H5N/c1-7-8-11(4)12(5,13-6)9-10(2)3;1-3-8-5-6-9(4-2)10(11)7-8;1-2-3/h8,10,13H,7,9H2,1-6H3;5-7H,3-4H2,1-2H3;2-3H,1H3/b11-8+;;. The summed E-state index contributed by atoms with van der Waals surface area (Å²) in [5.41, 5.74) is 3.53. The van der Waals surface area contributed by atoms with E-state index in [1.54, 1.807) is 13.0 Å². The van der Waals surface area contributed by atoms with Gasteiger partial charge in [-0.3, -0.25) is 0 Å². The van der Waals surface area contributed by atoms with Crippen LogP contribution < -0.4 is 5.32 Å². The number of allylic oxidation sites excluding steroid dienone is 1. The van der Waals surface area contributed by atoms with Crippen LogP contribution in [0.4, 0.5) is 4.39 Å². The molecule has 0 bridgehead atoms. The summed E-state index contributed by atoms with van der Waals surface area (Å²) in [6.45, 7) is 16.9. The third kappa shape index (κ3) is 11.8. The molecule has 1 unspecified atom stereocenters. The third-order valence-corrected chi connectivity index (χ3v) is 4.66. The van der Waals surface area contributed by atoms with Gasteiger partial charge in [0.05, 0.1) is 0 Å². The molecular weight excluding hydrogens is 335 g/mol. The Kier molecular flexibility index (Phi) is 16.0. The van der Waals surface area contributed by atoms with E-state index in [-0.39, 0.29) is 11.4 Å². The molecule has 1 atom stereocenters. The number of hydrogen-bond donors (Lipinski definition) is 2. The minimum absolute atomic E-state index is 0.0631. The lowest BCUT2D eigenvalue weighted by atomic mass is 9.84. The Morgan fingerprint density at radius 2 is 1.78 bits per heavy atom. The number of likely N-dealkylation sites (N-methyl/N-ethyl adjacent to an activating group) is 1. The first-order valence-electron chi connectivity index (χ1n) is 10.2. The van der Waals surface area contributed by atoms with Crippen molar-refractivity contribution in [2.45, 2.75) is 86.6 Å². The molecule has 0 aromatic heterocycles. The Balaban J connectivity index is 0. The van der Waals surface area contributed by atoms with Crippen molar-refractivity contribution in [2.24, 2.45) is 5.92 Å². The lowest BCUT2D eigenvalue weighted by molar-refractivity contribution is 0.360. The van der Waals surface area contributed by atoms with Gasteiger partial charge < -0.3 is 10.7 Å². The first-order chi connectivity index (χ1) is 12.6. The van der Waals surface area contributed by atoms with Gasteiger partial charge in [-0.15, -0.1) is 0 Å². The first kappa shape index (κ1) is 27.7. The molecule has 27 heavy (non-hydrogen) atoms. The second kappa shape index (κ2) is 15.6. The second-order valence-corrected chi connectivity index (χ2v) is 7.40. The minimum Gasteiger partial charge on any atom is -0.313 e. The maximum absolute atomic E-state index is 13.0. The van der Waals surface area contributed by atoms with Crippen molar-refractivity contribution in [3.8, 4) is 0 Å². The highest BCUT2D eigenvalue weighted by molar-refractivity contribution is 5.48. The summed E-state index contributed by atoms with van der Waals surface area (Å²) in [4.78, 5) is 0. The number of hydrogen-bond acceptors (Lipinski definition) is 2. The number of nitrogens with one attached hydrogen (secondary N) is 2. The van der Waals surface area contributed by atoms with E-state index in [0.717, 1.165) is 36.3 Å². The van der Waals surface area contributed by atoms with E-state index in [4.69, 9.17) is 5.41 Å². The first-order valence-corrected chi connectivity index (χ1v) is 10.2. The van der Waals surface area contributed by atoms with Crippen LogP contribution in [0, 0.1) is 17.1 Å². The van der Waals surface area contributed by atoms with E-state index in [1.165, 1.54) is 18.2 Å². The second-order valence-electron chi connectivity index (χ2n) is 7.40. The summed E-state index contributed by atoms with van der Waals surface area (Å²) in [6, 6.07) is 5.48. The molecule has 1 rings (SSSR count). The Bertz CT molecular complexity index is 549. The molecule has 2 N–H and O–H groups in total. The van der Waals surface area contributed by atoms with Crippen molar-refractivity contribution in [1.29, 1.82) is 5.41 Å². The maximum atomic E-state index is 13.0. The Labute approximate surface area is 168 Å². The van der Waals surface area contributed by atoms with E-state index in [9.17, 15) is 4.39 Å². The van der Waals surface area contributed by atoms with Crippen LogP contribution in [-0.4, -0.2) is 18.8 Å². The molecule has 0 spiro atoms. The van der Waals surface area contributed by atoms with Gasteiger partial charge in [0.15, 0.2) is 0 Å². The highest BCUT2D eigenvalue weighted by atomic mass is 19.1. The molecule has 0 aliphatic carbocycles. The molecule has 3 heteroatoms. The minimum atomic E-state index is -0.0631. The highest BCUT2D eigenvalue weighted by Crippen LogP contribution is 2.24. The summed E-state index contributed by atoms with van der Waals surface area (Å²) >= 11 is 0. The molecule has 0 fully saturated rings. The molecule has 0 saturated heterocycles. The monoisotopic (exact) mass is 378 g/mol. The van der Waals surface area contributed by atoms with E-state index in [1.807, 2.05) is 26.0 Å². The fraction of sp³-hybridized carbons (Fsp3) is 0.625. The molecule has 0 saturated carbocycles. The normalized spacial score (nSPS) is 13.1. The Morgan fingerprint density at radius 1 is 1.22 bits per heavy atom. The molecule has 0 aliphatic rings. The van der Waals surface area contributed by atoms with Crippen LogP contribution in [0.25, 0.3) is 0 Å². The van der Waals surface area contributed by atoms with E-state index >= 15 is 0 Å². The van der Waals surface area contributed by atoms with E-state index in [0.29, 0.717) is 0 Å². The molecule has 156 valence electrons.